The van der Waals surface area contributed by atoms with Crippen molar-refractivity contribution >= 4 is 5.91 Å². The molecule has 0 heterocycles. The Morgan fingerprint density at radius 2 is 1.79 bits per heavy atom. The summed E-state index contributed by atoms with van der Waals surface area (Å²) in [5.74, 6) is 0.505. The third kappa shape index (κ3) is 6.02. The lowest BCUT2D eigenvalue weighted by atomic mass is 10.2. The number of carbonyl (C=O) groups is 1. The van der Waals surface area contributed by atoms with Crippen molar-refractivity contribution in [1.29, 1.82) is 0 Å². The highest BCUT2D eigenvalue weighted by molar-refractivity contribution is 5.94. The topological polar surface area (TPSA) is 61.8 Å². The number of benzene rings is 2. The fraction of sp³-hybridized carbons (Fsp3) is 0.316. The normalized spacial score (nSPS) is 12.0. The number of aliphatic hydroxyl groups is 1. The van der Waals surface area contributed by atoms with Crippen molar-refractivity contribution in [2.45, 2.75) is 12.7 Å². The summed E-state index contributed by atoms with van der Waals surface area (Å²) in [6, 6.07) is 16.9. The summed E-state index contributed by atoms with van der Waals surface area (Å²) in [4.78, 5) is 13.9. The number of ether oxygens (including phenoxy) is 1. The number of nitrogens with one attached hydrogen (secondary N) is 1. The Labute approximate surface area is 142 Å². The smallest absolute Gasteiger partial charge is 0.251 e. The average Bonchev–Trinajstić information content (AvgIpc) is 2.58. The second-order valence-electron chi connectivity index (χ2n) is 5.92. The molecule has 0 aromatic heterocycles. The molecular weight excluding hydrogens is 304 g/mol. The fourth-order valence-corrected chi connectivity index (χ4v) is 2.24. The zero-order valence-electron chi connectivity index (χ0n) is 14.1. The van der Waals surface area contributed by atoms with Crippen LogP contribution in [0.3, 0.4) is 0 Å². The summed E-state index contributed by atoms with van der Waals surface area (Å²) in [7, 11) is 3.75. The highest BCUT2D eigenvalue weighted by Crippen LogP contribution is 2.14. The summed E-state index contributed by atoms with van der Waals surface area (Å²) in [5.41, 5.74) is 1.63. The monoisotopic (exact) mass is 328 g/mol. The molecule has 0 radical (unpaired) electrons. The van der Waals surface area contributed by atoms with E-state index in [-0.39, 0.29) is 12.5 Å². The number of hydrogen-bond acceptors (Lipinski definition) is 4. The molecule has 5 nitrogen and oxygen atoms in total. The van der Waals surface area contributed by atoms with E-state index >= 15 is 0 Å². The maximum atomic E-state index is 12.0. The molecule has 1 amide bonds. The van der Waals surface area contributed by atoms with E-state index in [1.165, 1.54) is 0 Å². The Kier molecular flexibility index (Phi) is 6.78. The first kappa shape index (κ1) is 18.0. The zero-order chi connectivity index (χ0) is 17.4. The Morgan fingerprint density at radius 3 is 2.42 bits per heavy atom. The Hall–Kier alpha value is -2.37. The molecule has 24 heavy (non-hydrogen) atoms. The van der Waals surface area contributed by atoms with Crippen LogP contribution in [0.5, 0.6) is 5.75 Å². The zero-order valence-corrected chi connectivity index (χ0v) is 14.1. The van der Waals surface area contributed by atoms with Crippen LogP contribution in [0.1, 0.15) is 15.9 Å². The Bertz CT molecular complexity index is 627. The van der Waals surface area contributed by atoms with Crippen molar-refractivity contribution in [1.82, 2.24) is 10.2 Å². The molecule has 128 valence electrons. The van der Waals surface area contributed by atoms with E-state index in [2.05, 4.69) is 5.32 Å². The van der Waals surface area contributed by atoms with E-state index in [4.69, 9.17) is 4.74 Å². The van der Waals surface area contributed by atoms with Gasteiger partial charge in [-0.2, -0.15) is 0 Å². The number of likely N-dealkylation sites (N-methyl/N-ethyl adjacent to an activating group) is 1. The Morgan fingerprint density at radius 1 is 1.12 bits per heavy atom. The Balaban J connectivity index is 1.81. The van der Waals surface area contributed by atoms with Gasteiger partial charge in [-0.3, -0.25) is 4.79 Å². The molecule has 0 spiro atoms. The van der Waals surface area contributed by atoms with Crippen molar-refractivity contribution in [2.75, 3.05) is 27.2 Å². The largest absolute Gasteiger partial charge is 0.489 e. The molecule has 0 saturated carbocycles. The number of amides is 1. The molecule has 1 unspecified atom stereocenters. The molecular formula is C19H24N2O3. The van der Waals surface area contributed by atoms with Crippen molar-refractivity contribution < 1.29 is 14.6 Å². The molecule has 0 aliphatic rings. The van der Waals surface area contributed by atoms with E-state index in [0.29, 0.717) is 24.5 Å². The second kappa shape index (κ2) is 9.05. The SMILES string of the molecule is CN(C)CC(O)CNC(=O)c1ccc(OCc2ccccc2)cc1. The molecule has 2 rings (SSSR count). The van der Waals surface area contributed by atoms with Crippen LogP contribution < -0.4 is 10.1 Å². The van der Waals surface area contributed by atoms with Crippen molar-refractivity contribution in [3.63, 3.8) is 0 Å². The first-order valence-corrected chi connectivity index (χ1v) is 7.92. The quantitative estimate of drug-likeness (QED) is 0.777. The van der Waals surface area contributed by atoms with Gasteiger partial charge >= 0.3 is 0 Å². The standard InChI is InChI=1S/C19H24N2O3/c1-21(2)13-17(22)12-20-19(23)16-8-10-18(11-9-16)24-14-15-6-4-3-5-7-15/h3-11,17,22H,12-14H2,1-2H3,(H,20,23). The van der Waals surface area contributed by atoms with Gasteiger partial charge in [-0.1, -0.05) is 30.3 Å². The lowest BCUT2D eigenvalue weighted by Gasteiger charge is -2.16. The highest BCUT2D eigenvalue weighted by Gasteiger charge is 2.10. The van der Waals surface area contributed by atoms with E-state index in [1.54, 1.807) is 24.3 Å². The first-order valence-electron chi connectivity index (χ1n) is 7.92. The van der Waals surface area contributed by atoms with Gasteiger partial charge in [-0.15, -0.1) is 0 Å². The highest BCUT2D eigenvalue weighted by atomic mass is 16.5. The van der Waals surface area contributed by atoms with Crippen molar-refractivity contribution in [3.8, 4) is 5.75 Å². The lowest BCUT2D eigenvalue weighted by Crippen LogP contribution is -2.37. The van der Waals surface area contributed by atoms with E-state index < -0.39 is 6.10 Å². The summed E-state index contributed by atoms with van der Waals surface area (Å²) in [6.45, 7) is 1.22. The van der Waals surface area contributed by atoms with E-state index in [0.717, 1.165) is 5.56 Å². The van der Waals surface area contributed by atoms with Crippen molar-refractivity contribution in [3.05, 3.63) is 65.7 Å². The molecule has 2 N–H and O–H groups in total. The minimum absolute atomic E-state index is 0.206. The molecule has 2 aromatic rings. The van der Waals surface area contributed by atoms with Crippen LogP contribution in [0.15, 0.2) is 54.6 Å². The number of nitrogens with zero attached hydrogens (tertiary/aromatic N) is 1. The first-order chi connectivity index (χ1) is 11.5. The van der Waals surface area contributed by atoms with Gasteiger partial charge in [0.15, 0.2) is 0 Å². The third-order valence-electron chi connectivity index (χ3n) is 3.44. The number of rotatable bonds is 8. The second-order valence-corrected chi connectivity index (χ2v) is 5.92. The van der Waals surface area contributed by atoms with E-state index in [1.807, 2.05) is 49.3 Å². The number of aliphatic hydroxyl groups excluding tert-OH is 1. The molecule has 5 heteroatoms. The number of carbonyl (C=O) groups excluding carboxylic acids is 1. The van der Waals surface area contributed by atoms with E-state index in [9.17, 15) is 9.90 Å². The van der Waals surface area contributed by atoms with Crippen LogP contribution in [0.4, 0.5) is 0 Å². The molecule has 0 aliphatic carbocycles. The van der Waals surface area contributed by atoms with Gasteiger partial charge in [0.2, 0.25) is 0 Å². The summed E-state index contributed by atoms with van der Waals surface area (Å²) in [6.07, 6.45) is -0.586. The van der Waals surface area contributed by atoms with Gasteiger partial charge in [-0.25, -0.2) is 0 Å². The summed E-state index contributed by atoms with van der Waals surface area (Å²) in [5, 5.41) is 12.5. The number of hydrogen-bond donors (Lipinski definition) is 2. The van der Waals surface area contributed by atoms with Gasteiger partial charge in [-0.05, 0) is 43.9 Å². The molecule has 0 aliphatic heterocycles. The lowest BCUT2D eigenvalue weighted by molar-refractivity contribution is 0.0892. The molecule has 0 saturated heterocycles. The van der Waals surface area contributed by atoms with Crippen LogP contribution in [-0.4, -0.2) is 49.2 Å². The molecule has 0 fully saturated rings. The maximum Gasteiger partial charge on any atom is 0.251 e. The molecule has 2 aromatic carbocycles. The summed E-state index contributed by atoms with van der Waals surface area (Å²) < 4.78 is 5.69. The van der Waals surface area contributed by atoms with Gasteiger partial charge in [0, 0.05) is 18.7 Å². The minimum atomic E-state index is -0.586. The van der Waals surface area contributed by atoms with Gasteiger partial charge in [0.25, 0.3) is 5.91 Å². The van der Waals surface area contributed by atoms with Gasteiger partial charge in [0.05, 0.1) is 6.10 Å². The average molecular weight is 328 g/mol. The van der Waals surface area contributed by atoms with Crippen LogP contribution in [0.2, 0.25) is 0 Å². The van der Waals surface area contributed by atoms with Crippen LogP contribution in [-0.2, 0) is 6.61 Å². The predicted octanol–water partition coefficient (Wildman–Crippen LogP) is 1.92. The minimum Gasteiger partial charge on any atom is -0.489 e. The van der Waals surface area contributed by atoms with Crippen molar-refractivity contribution in [2.24, 2.45) is 0 Å². The third-order valence-corrected chi connectivity index (χ3v) is 3.44. The molecule has 1 atom stereocenters. The van der Waals surface area contributed by atoms with Gasteiger partial charge < -0.3 is 20.1 Å². The van der Waals surface area contributed by atoms with Crippen LogP contribution >= 0.6 is 0 Å². The summed E-state index contributed by atoms with van der Waals surface area (Å²) >= 11 is 0. The van der Waals surface area contributed by atoms with Gasteiger partial charge in [0.1, 0.15) is 12.4 Å². The fourth-order valence-electron chi connectivity index (χ4n) is 2.24. The van der Waals surface area contributed by atoms with Crippen LogP contribution in [0, 0.1) is 0 Å². The van der Waals surface area contributed by atoms with Crippen LogP contribution in [0.25, 0.3) is 0 Å². The molecule has 0 bridgehead atoms. The predicted molar refractivity (Wildman–Crippen MR) is 94.1 cm³/mol. The maximum absolute atomic E-state index is 12.0.